The molecule has 0 saturated carbocycles. The molecular weight excluding hydrogens is 395 g/mol. The van der Waals surface area contributed by atoms with Crippen molar-refractivity contribution in [1.29, 1.82) is 0 Å². The lowest BCUT2D eigenvalue weighted by molar-refractivity contribution is 0.00578. The predicted octanol–water partition coefficient (Wildman–Crippen LogP) is 2.15. The highest BCUT2D eigenvalue weighted by Gasteiger charge is 2.51. The van der Waals surface area contributed by atoms with Crippen LogP contribution in [0.1, 0.15) is 38.8 Å². The van der Waals surface area contributed by atoms with Crippen LogP contribution in [0.25, 0.3) is 5.69 Å². The van der Waals surface area contributed by atoms with Crippen LogP contribution in [-0.4, -0.2) is 38.1 Å². The lowest BCUT2D eigenvalue weighted by atomic mass is 9.79. The summed E-state index contributed by atoms with van der Waals surface area (Å²) >= 11 is 0. The van der Waals surface area contributed by atoms with Gasteiger partial charge in [0.25, 0.3) is 0 Å². The summed E-state index contributed by atoms with van der Waals surface area (Å²) in [6.45, 7) is 10.4. The Morgan fingerprint density at radius 1 is 1.03 bits per heavy atom. The molecule has 1 fully saturated rings. The molecule has 0 unspecified atom stereocenters. The molecule has 9 heteroatoms. The van der Waals surface area contributed by atoms with Crippen molar-refractivity contribution in [3.63, 3.8) is 0 Å². The van der Waals surface area contributed by atoms with Crippen LogP contribution in [0.5, 0.6) is 5.75 Å². The van der Waals surface area contributed by atoms with Gasteiger partial charge in [-0.25, -0.2) is 4.79 Å². The lowest BCUT2D eigenvalue weighted by Gasteiger charge is -2.32. The van der Waals surface area contributed by atoms with Crippen molar-refractivity contribution in [3.8, 4) is 11.4 Å². The van der Waals surface area contributed by atoms with E-state index in [4.69, 9.17) is 14.0 Å². The van der Waals surface area contributed by atoms with Crippen molar-refractivity contribution in [3.05, 3.63) is 64.1 Å². The Morgan fingerprint density at radius 3 is 2.35 bits per heavy atom. The average molecular weight is 422 g/mol. The van der Waals surface area contributed by atoms with Crippen LogP contribution in [0.2, 0.25) is 0 Å². The maximum Gasteiger partial charge on any atom is 0.494 e. The van der Waals surface area contributed by atoms with Crippen LogP contribution in [-0.2, 0) is 23.0 Å². The van der Waals surface area contributed by atoms with E-state index in [0.717, 1.165) is 16.6 Å². The van der Waals surface area contributed by atoms with Gasteiger partial charge in [0.15, 0.2) is 0 Å². The van der Waals surface area contributed by atoms with E-state index in [-0.39, 0.29) is 12.3 Å². The molecule has 8 nitrogen and oxygen atoms in total. The fourth-order valence-corrected chi connectivity index (χ4v) is 3.42. The molecule has 0 amide bonds. The molecular formula is C22H27BN4O4. The van der Waals surface area contributed by atoms with E-state index < -0.39 is 18.3 Å². The van der Waals surface area contributed by atoms with Gasteiger partial charge in [-0.05, 0) is 74.3 Å². The maximum atomic E-state index is 12.3. The van der Waals surface area contributed by atoms with Gasteiger partial charge >= 0.3 is 12.8 Å². The lowest BCUT2D eigenvalue weighted by Crippen LogP contribution is -2.41. The summed E-state index contributed by atoms with van der Waals surface area (Å²) < 4.78 is 20.9. The molecule has 1 aromatic heterocycles. The van der Waals surface area contributed by atoms with E-state index in [9.17, 15) is 4.79 Å². The van der Waals surface area contributed by atoms with Crippen LogP contribution >= 0.6 is 0 Å². The van der Waals surface area contributed by atoms with Gasteiger partial charge in [-0.15, -0.1) is 0 Å². The molecule has 0 bridgehead atoms. The normalized spacial score (nSPS) is 17.2. The highest BCUT2D eigenvalue weighted by atomic mass is 16.7. The van der Waals surface area contributed by atoms with Gasteiger partial charge in [0.2, 0.25) is 0 Å². The van der Waals surface area contributed by atoms with Crippen LogP contribution in [0.15, 0.2) is 47.3 Å². The molecule has 0 N–H and O–H groups in total. The number of benzene rings is 2. The molecule has 4 rings (SSSR count). The van der Waals surface area contributed by atoms with E-state index in [1.165, 1.54) is 9.36 Å². The molecule has 3 aromatic rings. The molecule has 1 aliphatic heterocycles. The minimum Gasteiger partial charge on any atom is -0.489 e. The number of rotatable bonds is 5. The molecule has 0 aliphatic carbocycles. The molecule has 0 atom stereocenters. The van der Waals surface area contributed by atoms with Gasteiger partial charge in [-0.3, -0.25) is 0 Å². The van der Waals surface area contributed by atoms with E-state index in [0.29, 0.717) is 11.4 Å². The zero-order chi connectivity index (χ0) is 22.4. The number of tetrazole rings is 1. The summed E-state index contributed by atoms with van der Waals surface area (Å²) in [7, 11) is 1.11. The maximum absolute atomic E-state index is 12.3. The number of hydrogen-bond acceptors (Lipinski definition) is 6. The van der Waals surface area contributed by atoms with Crippen molar-refractivity contribution in [2.75, 3.05) is 0 Å². The first-order valence-corrected chi connectivity index (χ1v) is 10.3. The van der Waals surface area contributed by atoms with Crippen molar-refractivity contribution in [2.45, 2.75) is 52.4 Å². The minimum atomic E-state index is -0.458. The molecule has 162 valence electrons. The third-order valence-electron chi connectivity index (χ3n) is 6.10. The second-order valence-corrected chi connectivity index (χ2v) is 8.82. The van der Waals surface area contributed by atoms with E-state index in [2.05, 4.69) is 10.4 Å². The summed E-state index contributed by atoms with van der Waals surface area (Å²) in [5.41, 5.74) is 2.28. The molecule has 1 saturated heterocycles. The zero-order valence-corrected chi connectivity index (χ0v) is 18.7. The number of aryl methyl sites for hydroxylation is 2. The first kappa shape index (κ1) is 21.3. The monoisotopic (exact) mass is 422 g/mol. The molecule has 0 radical (unpaired) electrons. The van der Waals surface area contributed by atoms with Gasteiger partial charge in [0.05, 0.1) is 16.9 Å². The van der Waals surface area contributed by atoms with Crippen molar-refractivity contribution >= 4 is 12.6 Å². The summed E-state index contributed by atoms with van der Waals surface area (Å²) in [5, 5.41) is 7.77. The van der Waals surface area contributed by atoms with Crippen LogP contribution in [0.3, 0.4) is 0 Å². The highest BCUT2D eigenvalue weighted by Crippen LogP contribution is 2.36. The molecule has 2 aromatic carbocycles. The zero-order valence-electron chi connectivity index (χ0n) is 18.7. The standard InChI is InChI=1S/C22H27BN4O4/c1-15-9-7-12-19(27-20(28)26(6)24-25-27)18(15)14-29-17-11-8-10-16(13-17)23-30-21(2,3)22(4,5)31-23/h7-13H,14H2,1-6H3. The van der Waals surface area contributed by atoms with Gasteiger partial charge in [0, 0.05) is 12.6 Å². The smallest absolute Gasteiger partial charge is 0.489 e. The average Bonchev–Trinajstić information content (AvgIpc) is 3.15. The van der Waals surface area contributed by atoms with Crippen molar-refractivity contribution in [2.24, 2.45) is 7.05 Å². The second-order valence-electron chi connectivity index (χ2n) is 8.82. The molecule has 1 aliphatic rings. The topological polar surface area (TPSA) is 80.4 Å². The highest BCUT2D eigenvalue weighted by molar-refractivity contribution is 6.62. The number of hydrogen-bond donors (Lipinski definition) is 0. The van der Waals surface area contributed by atoms with Crippen molar-refractivity contribution < 1.29 is 14.0 Å². The fraction of sp³-hybridized carbons (Fsp3) is 0.409. The fourth-order valence-electron chi connectivity index (χ4n) is 3.42. The Kier molecular flexibility index (Phi) is 5.27. The quantitative estimate of drug-likeness (QED) is 0.587. The van der Waals surface area contributed by atoms with Gasteiger partial charge in [-0.1, -0.05) is 24.3 Å². The van der Waals surface area contributed by atoms with E-state index >= 15 is 0 Å². The number of aromatic nitrogens is 4. The van der Waals surface area contributed by atoms with Crippen LogP contribution < -0.4 is 15.9 Å². The first-order valence-electron chi connectivity index (χ1n) is 10.3. The Morgan fingerprint density at radius 2 is 1.71 bits per heavy atom. The molecule has 31 heavy (non-hydrogen) atoms. The SMILES string of the molecule is Cc1cccc(-n2nnn(C)c2=O)c1COc1cccc(B2OC(C)(C)C(C)(C)O2)c1. The first-order chi connectivity index (χ1) is 14.6. The third-order valence-corrected chi connectivity index (χ3v) is 6.10. The molecule has 0 spiro atoms. The minimum absolute atomic E-state index is 0.276. The summed E-state index contributed by atoms with van der Waals surface area (Å²) in [5.74, 6) is 0.688. The summed E-state index contributed by atoms with van der Waals surface area (Å²) in [4.78, 5) is 12.3. The van der Waals surface area contributed by atoms with Gasteiger partial charge in [-0.2, -0.15) is 9.36 Å². The van der Waals surface area contributed by atoms with Crippen LogP contribution in [0, 0.1) is 6.92 Å². The Balaban J connectivity index is 1.57. The van der Waals surface area contributed by atoms with Crippen molar-refractivity contribution in [1.82, 2.24) is 19.8 Å². The number of nitrogens with zero attached hydrogens (tertiary/aromatic N) is 4. The summed E-state index contributed by atoms with van der Waals surface area (Å²) in [6.07, 6.45) is 0. The Labute approximate surface area is 181 Å². The Hall–Kier alpha value is -2.91. The molecule has 2 heterocycles. The Bertz CT molecular complexity index is 1150. The summed E-state index contributed by atoms with van der Waals surface area (Å²) in [6, 6.07) is 13.4. The number of ether oxygens (including phenoxy) is 1. The predicted molar refractivity (Wildman–Crippen MR) is 118 cm³/mol. The largest absolute Gasteiger partial charge is 0.494 e. The second kappa shape index (κ2) is 7.65. The van der Waals surface area contributed by atoms with Gasteiger partial charge in [0.1, 0.15) is 12.4 Å². The van der Waals surface area contributed by atoms with Crippen LogP contribution in [0.4, 0.5) is 0 Å². The van der Waals surface area contributed by atoms with E-state index in [1.54, 1.807) is 7.05 Å². The van der Waals surface area contributed by atoms with E-state index in [1.807, 2.05) is 77.1 Å². The third kappa shape index (κ3) is 3.91. The van der Waals surface area contributed by atoms with Gasteiger partial charge < -0.3 is 14.0 Å².